The number of hydrogen-bond acceptors (Lipinski definition) is 6. The number of nitrogens with one attached hydrogen (secondary N) is 2. The molecule has 0 amide bonds. The highest BCUT2D eigenvalue weighted by atomic mass is 33.1. The van der Waals surface area contributed by atoms with Crippen molar-refractivity contribution in [3.63, 3.8) is 0 Å². The largest absolute Gasteiger partial charge is 0.304 e. The zero-order chi connectivity index (χ0) is 11.1. The zero-order valence-corrected chi connectivity index (χ0v) is 11.8. The van der Waals surface area contributed by atoms with Crippen molar-refractivity contribution in [1.82, 2.24) is 20.9 Å². The summed E-state index contributed by atoms with van der Waals surface area (Å²) in [5.74, 6) is 0. The van der Waals surface area contributed by atoms with E-state index in [1.165, 1.54) is 21.6 Å². The standard InChI is InChI=1S/C6H14N4S4/c1-9(2)7-5(11)13-14-6(12)8-10(3)4/h1-4H3,(H,7,11)(H,8,12). The van der Waals surface area contributed by atoms with E-state index in [1.807, 2.05) is 28.2 Å². The average Bonchev–Trinajstić information content (AvgIpc) is 1.98. The number of hydrogen-bond donors (Lipinski definition) is 2. The highest BCUT2D eigenvalue weighted by Gasteiger charge is 2.03. The van der Waals surface area contributed by atoms with Crippen molar-refractivity contribution < 1.29 is 0 Å². The van der Waals surface area contributed by atoms with Crippen LogP contribution >= 0.6 is 46.0 Å². The zero-order valence-electron chi connectivity index (χ0n) is 8.53. The van der Waals surface area contributed by atoms with E-state index < -0.39 is 0 Å². The van der Waals surface area contributed by atoms with Crippen LogP contribution in [0.4, 0.5) is 0 Å². The molecule has 0 unspecified atom stereocenters. The molecule has 0 aliphatic heterocycles. The molecule has 0 aromatic rings. The molecule has 0 aliphatic rings. The van der Waals surface area contributed by atoms with Gasteiger partial charge in [0.1, 0.15) is 0 Å². The maximum absolute atomic E-state index is 5.05. The quantitative estimate of drug-likeness (QED) is 0.438. The second-order valence-electron chi connectivity index (χ2n) is 2.75. The highest BCUT2D eigenvalue weighted by molar-refractivity contribution is 8.89. The lowest BCUT2D eigenvalue weighted by Crippen LogP contribution is -2.34. The Morgan fingerprint density at radius 1 is 0.857 bits per heavy atom. The fraction of sp³-hybridized carbons (Fsp3) is 0.667. The van der Waals surface area contributed by atoms with Crippen LogP contribution < -0.4 is 10.9 Å². The third-order valence-corrected chi connectivity index (χ3v) is 3.96. The Morgan fingerprint density at radius 2 is 1.14 bits per heavy atom. The number of rotatable bonds is 2. The summed E-state index contributed by atoms with van der Waals surface area (Å²) < 4.78 is 1.37. The lowest BCUT2D eigenvalue weighted by molar-refractivity contribution is 0.368. The van der Waals surface area contributed by atoms with Crippen LogP contribution in [0.5, 0.6) is 0 Å². The predicted octanol–water partition coefficient (Wildman–Crippen LogP) is 1.07. The monoisotopic (exact) mass is 270 g/mol. The molecule has 0 radical (unpaired) electrons. The van der Waals surface area contributed by atoms with Crippen LogP contribution in [0.25, 0.3) is 0 Å². The van der Waals surface area contributed by atoms with Crippen LogP contribution in [0.1, 0.15) is 0 Å². The first-order valence-corrected chi connectivity index (χ1v) is 6.69. The first-order chi connectivity index (χ1) is 6.41. The summed E-state index contributed by atoms with van der Waals surface area (Å²) in [5, 5.41) is 3.58. The third-order valence-electron chi connectivity index (χ3n) is 0.823. The fourth-order valence-corrected chi connectivity index (χ4v) is 2.72. The maximum Gasteiger partial charge on any atom is 0.159 e. The average molecular weight is 270 g/mol. The van der Waals surface area contributed by atoms with Crippen LogP contribution in [-0.2, 0) is 0 Å². The van der Waals surface area contributed by atoms with Gasteiger partial charge in [0.25, 0.3) is 0 Å². The summed E-state index contributed by atoms with van der Waals surface area (Å²) in [6.07, 6.45) is 0. The molecule has 0 aliphatic carbocycles. The van der Waals surface area contributed by atoms with Crippen molar-refractivity contribution in [1.29, 1.82) is 0 Å². The molecule has 14 heavy (non-hydrogen) atoms. The van der Waals surface area contributed by atoms with E-state index in [0.717, 1.165) is 0 Å². The number of hydrazine groups is 2. The van der Waals surface area contributed by atoms with Gasteiger partial charge >= 0.3 is 0 Å². The molecule has 0 saturated carbocycles. The van der Waals surface area contributed by atoms with Gasteiger partial charge in [-0.25, -0.2) is 10.0 Å². The highest BCUT2D eigenvalue weighted by Crippen LogP contribution is 2.22. The lowest BCUT2D eigenvalue weighted by atomic mass is 11.1. The minimum atomic E-state index is 0.683. The topological polar surface area (TPSA) is 30.5 Å². The van der Waals surface area contributed by atoms with Gasteiger partial charge in [0.15, 0.2) is 8.64 Å². The molecule has 0 bridgehead atoms. The SMILES string of the molecule is CN(C)NC(=S)SSC(=S)NN(C)C. The smallest absolute Gasteiger partial charge is 0.159 e. The van der Waals surface area contributed by atoms with E-state index in [2.05, 4.69) is 10.9 Å². The van der Waals surface area contributed by atoms with Crippen LogP contribution in [0.2, 0.25) is 0 Å². The maximum atomic E-state index is 5.05. The van der Waals surface area contributed by atoms with Crippen LogP contribution in [0.3, 0.4) is 0 Å². The van der Waals surface area contributed by atoms with E-state index in [1.54, 1.807) is 10.0 Å². The van der Waals surface area contributed by atoms with Crippen molar-refractivity contribution in [3.05, 3.63) is 0 Å². The summed E-state index contributed by atoms with van der Waals surface area (Å²) >= 11 is 10.1. The molecule has 82 valence electrons. The van der Waals surface area contributed by atoms with Gasteiger partial charge in [-0.2, -0.15) is 0 Å². The molecule has 2 N–H and O–H groups in total. The van der Waals surface area contributed by atoms with Gasteiger partial charge in [0.2, 0.25) is 0 Å². The summed E-state index contributed by atoms with van der Waals surface area (Å²) in [6.45, 7) is 0. The Balaban J connectivity index is 3.61. The minimum absolute atomic E-state index is 0.683. The lowest BCUT2D eigenvalue weighted by Gasteiger charge is -2.15. The molecule has 0 aromatic heterocycles. The molecule has 0 spiro atoms. The van der Waals surface area contributed by atoms with Gasteiger partial charge in [0, 0.05) is 28.2 Å². The van der Waals surface area contributed by atoms with E-state index in [4.69, 9.17) is 24.4 Å². The second kappa shape index (κ2) is 7.66. The van der Waals surface area contributed by atoms with Crippen LogP contribution in [-0.4, -0.2) is 46.8 Å². The van der Waals surface area contributed by atoms with Gasteiger partial charge in [0.05, 0.1) is 0 Å². The first-order valence-electron chi connectivity index (χ1n) is 3.72. The van der Waals surface area contributed by atoms with Crippen molar-refractivity contribution in [2.45, 2.75) is 0 Å². The van der Waals surface area contributed by atoms with Gasteiger partial charge in [-0.3, -0.25) is 0 Å². The minimum Gasteiger partial charge on any atom is -0.304 e. The van der Waals surface area contributed by atoms with Gasteiger partial charge in [-0.15, -0.1) is 0 Å². The Bertz CT molecular complexity index is 184. The van der Waals surface area contributed by atoms with Crippen LogP contribution in [0.15, 0.2) is 0 Å². The molecule has 0 aromatic carbocycles. The molecule has 8 heteroatoms. The molecular weight excluding hydrogens is 256 g/mol. The Kier molecular flexibility index (Phi) is 7.88. The Morgan fingerprint density at radius 3 is 1.36 bits per heavy atom. The summed E-state index contributed by atoms with van der Waals surface area (Å²) in [5.41, 5.74) is 5.91. The molecule has 0 fully saturated rings. The normalized spacial score (nSPS) is 10.4. The second-order valence-corrected chi connectivity index (χ2v) is 6.24. The molecule has 0 rings (SSSR count). The van der Waals surface area contributed by atoms with Crippen molar-refractivity contribution in [2.24, 2.45) is 0 Å². The first kappa shape index (κ1) is 14.4. The number of nitrogens with zero attached hydrogens (tertiary/aromatic N) is 2. The Hall–Kier alpha value is 0.400. The van der Waals surface area contributed by atoms with Crippen LogP contribution in [0, 0.1) is 0 Å². The van der Waals surface area contributed by atoms with E-state index in [0.29, 0.717) is 8.64 Å². The molecule has 0 saturated heterocycles. The Labute approximate surface area is 103 Å². The summed E-state index contributed by atoms with van der Waals surface area (Å²) in [4.78, 5) is 0. The van der Waals surface area contributed by atoms with Crippen molar-refractivity contribution >= 4 is 54.7 Å². The van der Waals surface area contributed by atoms with Gasteiger partial charge in [-0.05, 0) is 21.6 Å². The van der Waals surface area contributed by atoms with Crippen molar-refractivity contribution in [3.8, 4) is 0 Å². The van der Waals surface area contributed by atoms with Gasteiger partial charge < -0.3 is 10.9 Å². The van der Waals surface area contributed by atoms with E-state index >= 15 is 0 Å². The third kappa shape index (κ3) is 8.97. The molecule has 0 atom stereocenters. The van der Waals surface area contributed by atoms with Crippen molar-refractivity contribution in [2.75, 3.05) is 28.2 Å². The van der Waals surface area contributed by atoms with E-state index in [9.17, 15) is 0 Å². The number of thiocarbonyl (C=S) groups is 2. The predicted molar refractivity (Wildman–Crippen MR) is 74.0 cm³/mol. The molecule has 0 heterocycles. The molecular formula is C6H14N4S4. The summed E-state index contributed by atoms with van der Waals surface area (Å²) in [6, 6.07) is 0. The van der Waals surface area contributed by atoms with Gasteiger partial charge in [-0.1, -0.05) is 24.4 Å². The summed E-state index contributed by atoms with van der Waals surface area (Å²) in [7, 11) is 10.4. The fourth-order valence-electron chi connectivity index (χ4n) is 0.478. The molecule has 4 nitrogen and oxygen atoms in total. The van der Waals surface area contributed by atoms with E-state index in [-0.39, 0.29) is 0 Å².